The summed E-state index contributed by atoms with van der Waals surface area (Å²) in [4.78, 5) is 12.0. The molecule has 0 radical (unpaired) electrons. The smallest absolute Gasteiger partial charge is 0.243 e. The van der Waals surface area contributed by atoms with Crippen LogP contribution in [-0.4, -0.2) is 33.5 Å². The Morgan fingerprint density at radius 1 is 1.45 bits per heavy atom. The van der Waals surface area contributed by atoms with E-state index in [-0.39, 0.29) is 0 Å². The maximum Gasteiger partial charge on any atom is 0.243 e. The second-order valence-corrected chi connectivity index (χ2v) is 5.34. The summed E-state index contributed by atoms with van der Waals surface area (Å²) in [6, 6.07) is 9.45. The molecule has 1 aromatic carbocycles. The summed E-state index contributed by atoms with van der Waals surface area (Å²) in [5, 5.41) is 11.6. The topological polar surface area (TPSA) is 85.8 Å². The number of aromatic nitrogens is 3. The molecule has 1 heterocycles. The van der Waals surface area contributed by atoms with Crippen LogP contribution in [0.3, 0.4) is 0 Å². The number of hydrogen-bond donors (Lipinski definition) is 2. The summed E-state index contributed by atoms with van der Waals surface area (Å²) in [7, 11) is 3.59. The van der Waals surface area contributed by atoms with Crippen molar-refractivity contribution in [1.82, 2.24) is 20.1 Å². The van der Waals surface area contributed by atoms with Crippen LogP contribution in [0.25, 0.3) is 0 Å². The number of primary amides is 1. The summed E-state index contributed by atoms with van der Waals surface area (Å²) < 4.78 is 1.80. The molecule has 0 aliphatic rings. The van der Waals surface area contributed by atoms with Crippen molar-refractivity contribution in [2.24, 2.45) is 12.8 Å². The lowest BCUT2D eigenvalue weighted by Crippen LogP contribution is -2.53. The van der Waals surface area contributed by atoms with Crippen molar-refractivity contribution in [3.8, 4) is 0 Å². The number of likely N-dealkylation sites (N-methyl/N-ethyl adjacent to an activating group) is 1. The van der Waals surface area contributed by atoms with E-state index in [1.54, 1.807) is 17.9 Å². The van der Waals surface area contributed by atoms with E-state index in [0.29, 0.717) is 5.75 Å². The molecule has 0 fully saturated rings. The van der Waals surface area contributed by atoms with Crippen LogP contribution >= 0.6 is 11.8 Å². The van der Waals surface area contributed by atoms with E-state index in [1.165, 1.54) is 11.8 Å². The second kappa shape index (κ2) is 6.06. The Balaban J connectivity index is 2.29. The number of nitrogens with zero attached hydrogens (tertiary/aromatic N) is 3. The first kappa shape index (κ1) is 14.5. The molecule has 2 aromatic rings. The van der Waals surface area contributed by atoms with Crippen molar-refractivity contribution in [2.45, 2.75) is 10.7 Å². The number of rotatable bonds is 6. The second-order valence-electron chi connectivity index (χ2n) is 4.40. The molecular weight excluding hydrogens is 274 g/mol. The van der Waals surface area contributed by atoms with Gasteiger partial charge in [-0.2, -0.15) is 0 Å². The molecule has 1 aromatic heterocycles. The number of aryl methyl sites for hydroxylation is 1. The minimum Gasteiger partial charge on any atom is -0.368 e. The largest absolute Gasteiger partial charge is 0.368 e. The molecule has 7 heteroatoms. The highest BCUT2D eigenvalue weighted by molar-refractivity contribution is 7.99. The van der Waals surface area contributed by atoms with Gasteiger partial charge in [-0.1, -0.05) is 42.1 Å². The minimum atomic E-state index is -0.933. The Morgan fingerprint density at radius 3 is 2.65 bits per heavy atom. The van der Waals surface area contributed by atoms with Gasteiger partial charge in [0.1, 0.15) is 11.9 Å². The number of amides is 1. The maximum absolute atomic E-state index is 12.0. The molecule has 2 rings (SSSR count). The van der Waals surface area contributed by atoms with E-state index in [2.05, 4.69) is 15.5 Å². The average molecular weight is 291 g/mol. The van der Waals surface area contributed by atoms with E-state index in [4.69, 9.17) is 5.73 Å². The first-order valence-corrected chi connectivity index (χ1v) is 7.10. The van der Waals surface area contributed by atoms with Gasteiger partial charge in [0, 0.05) is 12.8 Å². The van der Waals surface area contributed by atoms with Gasteiger partial charge in [-0.3, -0.25) is 4.79 Å². The van der Waals surface area contributed by atoms with Crippen molar-refractivity contribution in [3.05, 3.63) is 42.2 Å². The van der Waals surface area contributed by atoms with Crippen molar-refractivity contribution < 1.29 is 4.79 Å². The molecule has 20 heavy (non-hydrogen) atoms. The molecule has 0 aliphatic carbocycles. The number of carbonyl (C=O) groups is 1. The summed E-state index contributed by atoms with van der Waals surface area (Å²) in [6.07, 6.45) is 1.62. The number of nitrogens with one attached hydrogen (secondary N) is 1. The zero-order chi connectivity index (χ0) is 14.6. The third kappa shape index (κ3) is 2.68. The molecule has 106 valence electrons. The summed E-state index contributed by atoms with van der Waals surface area (Å²) in [6.45, 7) is 0. The van der Waals surface area contributed by atoms with Gasteiger partial charge >= 0.3 is 0 Å². The minimum absolute atomic E-state index is 0.416. The zero-order valence-electron chi connectivity index (χ0n) is 11.4. The number of carbonyl (C=O) groups excluding carboxylic acids is 1. The highest BCUT2D eigenvalue weighted by atomic mass is 32.2. The third-order valence-corrected chi connectivity index (χ3v) is 4.41. The van der Waals surface area contributed by atoms with Crippen LogP contribution in [0.4, 0.5) is 0 Å². The number of nitrogens with two attached hydrogens (primary N) is 1. The van der Waals surface area contributed by atoms with Crippen LogP contribution in [0, 0.1) is 0 Å². The fraction of sp³-hybridized carbons (Fsp3) is 0.308. The molecule has 1 atom stereocenters. The normalized spacial score (nSPS) is 13.9. The molecular formula is C13H17N5OS. The predicted octanol–water partition coefficient (Wildman–Crippen LogP) is 0.507. The van der Waals surface area contributed by atoms with E-state index < -0.39 is 11.4 Å². The maximum atomic E-state index is 12.0. The molecule has 0 spiro atoms. The van der Waals surface area contributed by atoms with E-state index >= 15 is 0 Å². The molecule has 3 N–H and O–H groups in total. The third-order valence-electron chi connectivity index (χ3n) is 3.20. The van der Waals surface area contributed by atoms with Gasteiger partial charge < -0.3 is 15.6 Å². The van der Waals surface area contributed by atoms with Crippen molar-refractivity contribution >= 4 is 17.7 Å². The zero-order valence-corrected chi connectivity index (χ0v) is 12.2. The summed E-state index contributed by atoms with van der Waals surface area (Å²) in [5.41, 5.74) is 5.54. The van der Waals surface area contributed by atoms with Crippen LogP contribution in [0.15, 0.2) is 41.8 Å². The quantitative estimate of drug-likeness (QED) is 0.757. The lowest BCUT2D eigenvalue weighted by Gasteiger charge is -2.30. The molecule has 0 saturated carbocycles. The van der Waals surface area contributed by atoms with Crippen LogP contribution in [0.2, 0.25) is 0 Å². The summed E-state index contributed by atoms with van der Waals surface area (Å²) in [5.74, 6) is 0.0240. The molecule has 0 aliphatic heterocycles. The van der Waals surface area contributed by atoms with Crippen molar-refractivity contribution in [2.75, 3.05) is 12.8 Å². The van der Waals surface area contributed by atoms with Crippen molar-refractivity contribution in [3.63, 3.8) is 0 Å². The standard InChI is InChI=1S/C13H17N5OS/c1-15-13(11(14)19,10-6-4-3-5-7-10)8-20-12-17-16-9-18(12)2/h3-7,9,15H,8H2,1-2H3,(H2,14,19). The van der Waals surface area contributed by atoms with E-state index in [1.807, 2.05) is 37.4 Å². The van der Waals surface area contributed by atoms with Gasteiger partial charge in [0.15, 0.2) is 5.16 Å². The molecule has 1 amide bonds. The number of thioether (sulfide) groups is 1. The van der Waals surface area contributed by atoms with Crippen LogP contribution < -0.4 is 11.1 Å². The predicted molar refractivity (Wildman–Crippen MR) is 78.1 cm³/mol. The fourth-order valence-electron chi connectivity index (χ4n) is 1.94. The Hall–Kier alpha value is -1.86. The lowest BCUT2D eigenvalue weighted by atomic mass is 9.91. The molecule has 1 unspecified atom stereocenters. The molecule has 0 saturated heterocycles. The van der Waals surface area contributed by atoms with Gasteiger partial charge in [-0.25, -0.2) is 0 Å². The highest BCUT2D eigenvalue weighted by Crippen LogP contribution is 2.28. The van der Waals surface area contributed by atoms with Gasteiger partial charge in [0.2, 0.25) is 5.91 Å². The fourth-order valence-corrected chi connectivity index (χ4v) is 3.09. The Labute approximate surface area is 121 Å². The number of benzene rings is 1. The number of hydrogen-bond acceptors (Lipinski definition) is 5. The Kier molecular flexibility index (Phi) is 4.41. The van der Waals surface area contributed by atoms with Crippen molar-refractivity contribution in [1.29, 1.82) is 0 Å². The highest BCUT2D eigenvalue weighted by Gasteiger charge is 2.37. The van der Waals surface area contributed by atoms with E-state index in [9.17, 15) is 4.79 Å². The molecule has 0 bridgehead atoms. The average Bonchev–Trinajstić information content (AvgIpc) is 2.86. The monoisotopic (exact) mass is 291 g/mol. The van der Waals surface area contributed by atoms with Gasteiger partial charge in [-0.05, 0) is 12.6 Å². The first-order valence-electron chi connectivity index (χ1n) is 6.11. The van der Waals surface area contributed by atoms with Crippen LogP contribution in [0.5, 0.6) is 0 Å². The van der Waals surface area contributed by atoms with E-state index in [0.717, 1.165) is 10.7 Å². The Bertz CT molecular complexity index is 585. The summed E-state index contributed by atoms with van der Waals surface area (Å²) >= 11 is 1.43. The molecule has 6 nitrogen and oxygen atoms in total. The Morgan fingerprint density at radius 2 is 2.15 bits per heavy atom. The van der Waals surface area contributed by atoms with Crippen LogP contribution in [0.1, 0.15) is 5.56 Å². The van der Waals surface area contributed by atoms with Gasteiger partial charge in [0.25, 0.3) is 0 Å². The van der Waals surface area contributed by atoms with Gasteiger partial charge in [-0.15, -0.1) is 10.2 Å². The van der Waals surface area contributed by atoms with Crippen LogP contribution in [-0.2, 0) is 17.4 Å². The van der Waals surface area contributed by atoms with Gasteiger partial charge in [0.05, 0.1) is 0 Å². The lowest BCUT2D eigenvalue weighted by molar-refractivity contribution is -0.123. The first-order chi connectivity index (χ1) is 9.60. The SMILES string of the molecule is CNC(CSc1nncn1C)(C(N)=O)c1ccccc1.